The third kappa shape index (κ3) is 5.59. The molecule has 2 aromatic carbocycles. The molecule has 3 rings (SSSR count). The standard InChI is InChI=1S/C24H30N2O3/c1-16-4-13-22(17(2)14-16)26-24(28)20-9-7-19(8-10-20)23(27)25-15-18-5-11-21(29-3)12-6-18/h4-6,11-14,19-20H,7-10,15H2,1-3H3,(H,25,27)(H,26,28). The fraction of sp³-hybridized carbons (Fsp3) is 0.417. The molecule has 5 nitrogen and oxygen atoms in total. The van der Waals surface area contributed by atoms with Crippen molar-refractivity contribution < 1.29 is 14.3 Å². The molecule has 2 aromatic rings. The van der Waals surface area contributed by atoms with E-state index >= 15 is 0 Å². The van der Waals surface area contributed by atoms with Gasteiger partial charge in [-0.2, -0.15) is 0 Å². The lowest BCUT2D eigenvalue weighted by molar-refractivity contribution is -0.128. The van der Waals surface area contributed by atoms with Gasteiger partial charge in [-0.15, -0.1) is 0 Å². The molecule has 0 aromatic heterocycles. The molecule has 1 aliphatic rings. The Hall–Kier alpha value is -2.82. The molecular weight excluding hydrogens is 364 g/mol. The summed E-state index contributed by atoms with van der Waals surface area (Å²) < 4.78 is 5.15. The molecule has 1 saturated carbocycles. The molecule has 2 N–H and O–H groups in total. The average Bonchev–Trinajstić information content (AvgIpc) is 2.74. The number of aryl methyl sites for hydroxylation is 2. The number of hydrogen-bond acceptors (Lipinski definition) is 3. The van der Waals surface area contributed by atoms with Gasteiger partial charge >= 0.3 is 0 Å². The van der Waals surface area contributed by atoms with Crippen molar-refractivity contribution >= 4 is 17.5 Å². The van der Waals surface area contributed by atoms with Gasteiger partial charge in [0.15, 0.2) is 0 Å². The van der Waals surface area contributed by atoms with Gasteiger partial charge in [-0.3, -0.25) is 9.59 Å². The van der Waals surface area contributed by atoms with Crippen LogP contribution >= 0.6 is 0 Å². The fourth-order valence-electron chi connectivity index (χ4n) is 3.88. The van der Waals surface area contributed by atoms with Crippen molar-refractivity contribution in [1.29, 1.82) is 0 Å². The topological polar surface area (TPSA) is 67.4 Å². The Kier molecular flexibility index (Phi) is 6.91. The summed E-state index contributed by atoms with van der Waals surface area (Å²) in [7, 11) is 1.63. The van der Waals surface area contributed by atoms with E-state index in [4.69, 9.17) is 4.74 Å². The number of carbonyl (C=O) groups is 2. The Morgan fingerprint density at radius 2 is 1.55 bits per heavy atom. The Morgan fingerprint density at radius 1 is 0.931 bits per heavy atom. The number of amides is 2. The zero-order chi connectivity index (χ0) is 20.8. The van der Waals surface area contributed by atoms with Crippen molar-refractivity contribution in [3.8, 4) is 5.75 Å². The highest BCUT2D eigenvalue weighted by molar-refractivity contribution is 5.93. The summed E-state index contributed by atoms with van der Waals surface area (Å²) in [6.07, 6.45) is 2.99. The number of nitrogens with one attached hydrogen (secondary N) is 2. The highest BCUT2D eigenvalue weighted by Gasteiger charge is 2.30. The number of anilines is 1. The molecule has 0 atom stereocenters. The summed E-state index contributed by atoms with van der Waals surface area (Å²) in [5.41, 5.74) is 4.17. The molecule has 1 aliphatic carbocycles. The van der Waals surface area contributed by atoms with E-state index in [0.29, 0.717) is 6.54 Å². The maximum absolute atomic E-state index is 12.6. The van der Waals surface area contributed by atoms with E-state index in [1.807, 2.05) is 50.2 Å². The van der Waals surface area contributed by atoms with Crippen LogP contribution in [0.25, 0.3) is 0 Å². The van der Waals surface area contributed by atoms with E-state index < -0.39 is 0 Å². The van der Waals surface area contributed by atoms with Crippen molar-refractivity contribution in [2.45, 2.75) is 46.1 Å². The number of rotatable bonds is 6. The van der Waals surface area contributed by atoms with Crippen LogP contribution in [0.2, 0.25) is 0 Å². The zero-order valence-corrected chi connectivity index (χ0v) is 17.5. The van der Waals surface area contributed by atoms with Crippen LogP contribution in [0.5, 0.6) is 5.75 Å². The summed E-state index contributed by atoms with van der Waals surface area (Å²) in [6.45, 7) is 4.56. The maximum atomic E-state index is 12.6. The Bertz CT molecular complexity index is 853. The van der Waals surface area contributed by atoms with Gasteiger partial charge in [0.05, 0.1) is 7.11 Å². The highest BCUT2D eigenvalue weighted by Crippen LogP contribution is 2.30. The molecule has 0 radical (unpaired) electrons. The number of ether oxygens (including phenoxy) is 1. The van der Waals surface area contributed by atoms with Crippen molar-refractivity contribution in [2.24, 2.45) is 11.8 Å². The lowest BCUT2D eigenvalue weighted by atomic mass is 9.81. The van der Waals surface area contributed by atoms with Crippen LogP contribution in [0.1, 0.15) is 42.4 Å². The van der Waals surface area contributed by atoms with E-state index in [1.165, 1.54) is 5.56 Å². The van der Waals surface area contributed by atoms with E-state index in [0.717, 1.165) is 48.2 Å². The van der Waals surface area contributed by atoms with Crippen LogP contribution in [0.4, 0.5) is 5.69 Å². The van der Waals surface area contributed by atoms with Crippen LogP contribution in [0, 0.1) is 25.7 Å². The van der Waals surface area contributed by atoms with Crippen molar-refractivity contribution in [3.63, 3.8) is 0 Å². The third-order valence-corrected chi connectivity index (χ3v) is 5.73. The van der Waals surface area contributed by atoms with Crippen LogP contribution < -0.4 is 15.4 Å². The van der Waals surface area contributed by atoms with Gasteiger partial charge in [-0.25, -0.2) is 0 Å². The van der Waals surface area contributed by atoms with Crippen molar-refractivity contribution in [1.82, 2.24) is 5.32 Å². The Labute approximate surface area is 172 Å². The minimum absolute atomic E-state index is 0.0154. The lowest BCUT2D eigenvalue weighted by Crippen LogP contribution is -2.35. The van der Waals surface area contributed by atoms with Crippen molar-refractivity contribution in [3.05, 3.63) is 59.2 Å². The van der Waals surface area contributed by atoms with Gasteiger partial charge in [0.1, 0.15) is 5.75 Å². The first-order valence-electron chi connectivity index (χ1n) is 10.2. The molecule has 0 bridgehead atoms. The second kappa shape index (κ2) is 9.59. The number of hydrogen-bond donors (Lipinski definition) is 2. The largest absolute Gasteiger partial charge is 0.497 e. The second-order valence-corrected chi connectivity index (χ2v) is 7.92. The fourth-order valence-corrected chi connectivity index (χ4v) is 3.88. The predicted molar refractivity (Wildman–Crippen MR) is 115 cm³/mol. The van der Waals surface area contributed by atoms with Crippen molar-refractivity contribution in [2.75, 3.05) is 12.4 Å². The first-order chi connectivity index (χ1) is 14.0. The summed E-state index contributed by atoms with van der Waals surface area (Å²) in [6, 6.07) is 13.7. The molecule has 154 valence electrons. The summed E-state index contributed by atoms with van der Waals surface area (Å²) in [5.74, 6) is 0.903. The van der Waals surface area contributed by atoms with Crippen LogP contribution in [-0.4, -0.2) is 18.9 Å². The van der Waals surface area contributed by atoms with E-state index in [2.05, 4.69) is 16.7 Å². The number of benzene rings is 2. The molecule has 0 saturated heterocycles. The highest BCUT2D eigenvalue weighted by atomic mass is 16.5. The molecule has 1 fully saturated rings. The SMILES string of the molecule is COc1ccc(CNC(=O)C2CCC(C(=O)Nc3ccc(C)cc3C)CC2)cc1. The Balaban J connectivity index is 1.45. The summed E-state index contributed by atoms with van der Waals surface area (Å²) in [4.78, 5) is 25.1. The summed E-state index contributed by atoms with van der Waals surface area (Å²) >= 11 is 0. The van der Waals surface area contributed by atoms with Crippen LogP contribution in [0.15, 0.2) is 42.5 Å². The van der Waals surface area contributed by atoms with E-state index in [1.54, 1.807) is 7.11 Å². The second-order valence-electron chi connectivity index (χ2n) is 7.92. The average molecular weight is 395 g/mol. The van der Waals surface area contributed by atoms with Gasteiger partial charge in [0.2, 0.25) is 11.8 Å². The third-order valence-electron chi connectivity index (χ3n) is 5.73. The van der Waals surface area contributed by atoms with E-state index in [9.17, 15) is 9.59 Å². The van der Waals surface area contributed by atoms with Gasteiger partial charge in [0, 0.05) is 24.1 Å². The number of carbonyl (C=O) groups excluding carboxylic acids is 2. The van der Waals surface area contributed by atoms with Gasteiger partial charge in [0.25, 0.3) is 0 Å². The minimum Gasteiger partial charge on any atom is -0.497 e. The van der Waals surface area contributed by atoms with E-state index in [-0.39, 0.29) is 23.7 Å². The predicted octanol–water partition coefficient (Wildman–Crippen LogP) is 4.37. The van der Waals surface area contributed by atoms with Gasteiger partial charge in [-0.05, 0) is 68.9 Å². The smallest absolute Gasteiger partial charge is 0.227 e. The molecule has 5 heteroatoms. The molecule has 0 unspecified atom stereocenters. The van der Waals surface area contributed by atoms with Crippen LogP contribution in [0.3, 0.4) is 0 Å². The van der Waals surface area contributed by atoms with Gasteiger partial charge < -0.3 is 15.4 Å². The molecule has 0 heterocycles. The summed E-state index contributed by atoms with van der Waals surface area (Å²) in [5, 5.41) is 6.08. The maximum Gasteiger partial charge on any atom is 0.227 e. The molecule has 29 heavy (non-hydrogen) atoms. The van der Waals surface area contributed by atoms with Gasteiger partial charge in [-0.1, -0.05) is 29.8 Å². The Morgan fingerprint density at radius 3 is 2.14 bits per heavy atom. The first-order valence-corrected chi connectivity index (χ1v) is 10.2. The first kappa shape index (κ1) is 20.9. The zero-order valence-electron chi connectivity index (χ0n) is 17.5. The quantitative estimate of drug-likeness (QED) is 0.764. The molecule has 0 aliphatic heterocycles. The minimum atomic E-state index is -0.0265. The molecule has 2 amide bonds. The monoisotopic (exact) mass is 394 g/mol. The molecule has 0 spiro atoms. The number of methoxy groups -OCH3 is 1. The molecular formula is C24H30N2O3. The normalized spacial score (nSPS) is 18.7. The lowest BCUT2D eigenvalue weighted by Gasteiger charge is -2.27. The van der Waals surface area contributed by atoms with Crippen LogP contribution in [-0.2, 0) is 16.1 Å².